The third kappa shape index (κ3) is 2.95. The summed E-state index contributed by atoms with van der Waals surface area (Å²) in [6.45, 7) is 0.655. The molecule has 0 bridgehead atoms. The van der Waals surface area contributed by atoms with Gasteiger partial charge < -0.3 is 10.5 Å². The van der Waals surface area contributed by atoms with Crippen LogP contribution in [0, 0.1) is 17.2 Å². The van der Waals surface area contributed by atoms with Crippen molar-refractivity contribution >= 4 is 0 Å². The number of hydrogen-bond donors (Lipinski definition) is 1. The molecular weight excluding hydrogens is 214 g/mol. The van der Waals surface area contributed by atoms with Gasteiger partial charge in [0, 0.05) is 18.2 Å². The molecule has 4 heteroatoms. The molecule has 1 aromatic rings. The molecule has 0 spiro atoms. The van der Waals surface area contributed by atoms with Crippen LogP contribution in [0.4, 0.5) is 0 Å². The third-order valence-electron chi connectivity index (χ3n) is 3.28. The Hall–Kier alpha value is -1.60. The molecule has 0 aromatic carbocycles. The molecule has 1 fully saturated rings. The molecule has 2 unspecified atom stereocenters. The number of hydrogen-bond acceptors (Lipinski definition) is 4. The van der Waals surface area contributed by atoms with Gasteiger partial charge in [-0.15, -0.1) is 0 Å². The van der Waals surface area contributed by atoms with Gasteiger partial charge in [-0.2, -0.15) is 5.26 Å². The molecule has 17 heavy (non-hydrogen) atoms. The number of pyridine rings is 1. The van der Waals surface area contributed by atoms with Crippen LogP contribution >= 0.6 is 0 Å². The molecule has 1 aliphatic carbocycles. The Labute approximate surface area is 101 Å². The molecular formula is C13H17N3O. The van der Waals surface area contributed by atoms with Crippen molar-refractivity contribution in [1.29, 1.82) is 5.26 Å². The van der Waals surface area contributed by atoms with Crippen molar-refractivity contribution in [1.82, 2.24) is 4.98 Å². The average molecular weight is 231 g/mol. The predicted octanol–water partition coefficient (Wildman–Crippen LogP) is 1.85. The fourth-order valence-electron chi connectivity index (χ4n) is 2.30. The van der Waals surface area contributed by atoms with E-state index in [2.05, 4.69) is 11.1 Å². The minimum atomic E-state index is 0.148. The lowest BCUT2D eigenvalue weighted by Crippen LogP contribution is -2.35. The van der Waals surface area contributed by atoms with E-state index in [1.165, 1.54) is 12.8 Å². The fraction of sp³-hybridized carbons (Fsp3) is 0.538. The molecule has 0 saturated heterocycles. The van der Waals surface area contributed by atoms with Crippen LogP contribution in [-0.4, -0.2) is 17.6 Å². The molecule has 2 atom stereocenters. The molecule has 1 aromatic heterocycles. The Kier molecular flexibility index (Phi) is 3.94. The molecule has 2 N–H and O–H groups in total. The van der Waals surface area contributed by atoms with Gasteiger partial charge in [0.25, 0.3) is 0 Å². The Morgan fingerprint density at radius 1 is 1.47 bits per heavy atom. The van der Waals surface area contributed by atoms with Crippen LogP contribution in [0.25, 0.3) is 0 Å². The van der Waals surface area contributed by atoms with Gasteiger partial charge in [-0.25, -0.2) is 4.98 Å². The number of nitrogens with two attached hydrogens (primary N) is 1. The monoisotopic (exact) mass is 231 g/mol. The summed E-state index contributed by atoms with van der Waals surface area (Å²) in [5.74, 6) is 0.950. The highest BCUT2D eigenvalue weighted by molar-refractivity contribution is 5.31. The molecule has 0 aliphatic heterocycles. The zero-order chi connectivity index (χ0) is 12.1. The highest BCUT2D eigenvalue weighted by Gasteiger charge is 2.25. The third-order valence-corrected chi connectivity index (χ3v) is 3.28. The molecule has 90 valence electrons. The Morgan fingerprint density at radius 3 is 3.06 bits per heavy atom. The number of nitrogens with zero attached hydrogens (tertiary/aromatic N) is 2. The van der Waals surface area contributed by atoms with Crippen LogP contribution in [-0.2, 0) is 0 Å². The highest BCUT2D eigenvalue weighted by Crippen LogP contribution is 2.27. The van der Waals surface area contributed by atoms with Gasteiger partial charge in [-0.05, 0) is 31.9 Å². The van der Waals surface area contributed by atoms with E-state index in [-0.39, 0.29) is 6.10 Å². The number of ether oxygens (including phenoxy) is 1. The quantitative estimate of drug-likeness (QED) is 0.861. The maximum atomic E-state index is 8.81. The summed E-state index contributed by atoms with van der Waals surface area (Å²) < 4.78 is 5.86. The summed E-state index contributed by atoms with van der Waals surface area (Å²) in [6.07, 6.45) is 6.32. The standard InChI is InChI=1S/C13H17N3O/c14-8-10-5-6-16-13(7-10)17-12-4-2-1-3-11(12)9-15/h5-7,11-12H,1-4,9,15H2. The lowest BCUT2D eigenvalue weighted by atomic mass is 9.86. The summed E-state index contributed by atoms with van der Waals surface area (Å²) in [5.41, 5.74) is 6.33. The second-order valence-electron chi connectivity index (χ2n) is 4.43. The minimum Gasteiger partial charge on any atom is -0.474 e. The zero-order valence-corrected chi connectivity index (χ0v) is 9.80. The van der Waals surface area contributed by atoms with Crippen molar-refractivity contribution < 1.29 is 4.74 Å². The van der Waals surface area contributed by atoms with E-state index in [0.717, 1.165) is 12.8 Å². The molecule has 1 heterocycles. The minimum absolute atomic E-state index is 0.148. The highest BCUT2D eigenvalue weighted by atomic mass is 16.5. The van der Waals surface area contributed by atoms with Gasteiger partial charge in [-0.3, -0.25) is 0 Å². The van der Waals surface area contributed by atoms with E-state index in [9.17, 15) is 0 Å². The average Bonchev–Trinajstić information content (AvgIpc) is 2.39. The van der Waals surface area contributed by atoms with E-state index in [1.54, 1.807) is 18.3 Å². The topological polar surface area (TPSA) is 71.9 Å². The van der Waals surface area contributed by atoms with Crippen molar-refractivity contribution in [2.45, 2.75) is 31.8 Å². The first kappa shape index (κ1) is 11.9. The molecule has 0 amide bonds. The molecule has 2 rings (SSSR count). The number of nitriles is 1. The lowest BCUT2D eigenvalue weighted by Gasteiger charge is -2.30. The predicted molar refractivity (Wildman–Crippen MR) is 64.4 cm³/mol. The summed E-state index contributed by atoms with van der Waals surface area (Å²) in [5, 5.41) is 8.81. The first-order valence-electron chi connectivity index (χ1n) is 6.06. The van der Waals surface area contributed by atoms with Crippen molar-refractivity contribution in [3.63, 3.8) is 0 Å². The first-order chi connectivity index (χ1) is 8.33. The fourth-order valence-corrected chi connectivity index (χ4v) is 2.30. The van der Waals surface area contributed by atoms with Crippen molar-refractivity contribution in [3.05, 3.63) is 23.9 Å². The van der Waals surface area contributed by atoms with Gasteiger partial charge in [0.2, 0.25) is 5.88 Å². The lowest BCUT2D eigenvalue weighted by molar-refractivity contribution is 0.0923. The smallest absolute Gasteiger partial charge is 0.214 e. The Bertz CT molecular complexity index is 413. The van der Waals surface area contributed by atoms with Crippen LogP contribution in [0.2, 0.25) is 0 Å². The summed E-state index contributed by atoms with van der Waals surface area (Å²) >= 11 is 0. The zero-order valence-electron chi connectivity index (χ0n) is 9.80. The van der Waals surface area contributed by atoms with Crippen LogP contribution < -0.4 is 10.5 Å². The number of aromatic nitrogens is 1. The van der Waals surface area contributed by atoms with Crippen molar-refractivity contribution in [3.8, 4) is 11.9 Å². The summed E-state index contributed by atoms with van der Waals surface area (Å²) in [6, 6.07) is 5.44. The van der Waals surface area contributed by atoms with Gasteiger partial charge >= 0.3 is 0 Å². The van der Waals surface area contributed by atoms with Crippen LogP contribution in [0.15, 0.2) is 18.3 Å². The van der Waals surface area contributed by atoms with Gasteiger partial charge in [-0.1, -0.05) is 6.42 Å². The second-order valence-corrected chi connectivity index (χ2v) is 4.43. The van der Waals surface area contributed by atoms with Crippen molar-refractivity contribution in [2.24, 2.45) is 11.7 Å². The van der Waals surface area contributed by atoms with Gasteiger partial charge in [0.1, 0.15) is 6.10 Å². The second kappa shape index (κ2) is 5.65. The Morgan fingerprint density at radius 2 is 2.29 bits per heavy atom. The van der Waals surface area contributed by atoms with E-state index >= 15 is 0 Å². The van der Waals surface area contributed by atoms with Crippen LogP contribution in [0.3, 0.4) is 0 Å². The van der Waals surface area contributed by atoms with Crippen molar-refractivity contribution in [2.75, 3.05) is 6.54 Å². The van der Waals surface area contributed by atoms with E-state index in [0.29, 0.717) is 23.9 Å². The maximum Gasteiger partial charge on any atom is 0.214 e. The van der Waals surface area contributed by atoms with Gasteiger partial charge in [0.05, 0.1) is 11.6 Å². The van der Waals surface area contributed by atoms with E-state index < -0.39 is 0 Å². The molecule has 1 aliphatic rings. The molecule has 0 radical (unpaired) electrons. The van der Waals surface area contributed by atoms with E-state index in [1.807, 2.05) is 0 Å². The largest absolute Gasteiger partial charge is 0.474 e. The normalized spacial score (nSPS) is 24.0. The summed E-state index contributed by atoms with van der Waals surface area (Å²) in [4.78, 5) is 4.14. The van der Waals surface area contributed by atoms with Crippen LogP contribution in [0.5, 0.6) is 5.88 Å². The van der Waals surface area contributed by atoms with E-state index in [4.69, 9.17) is 15.7 Å². The first-order valence-corrected chi connectivity index (χ1v) is 6.06. The maximum absolute atomic E-state index is 8.81. The SMILES string of the molecule is N#Cc1ccnc(OC2CCCCC2CN)c1. The Balaban J connectivity index is 2.06. The molecule has 4 nitrogen and oxygen atoms in total. The van der Waals surface area contributed by atoms with Crippen LogP contribution in [0.1, 0.15) is 31.2 Å². The molecule has 1 saturated carbocycles. The van der Waals surface area contributed by atoms with Gasteiger partial charge in [0.15, 0.2) is 0 Å². The number of rotatable bonds is 3. The summed E-state index contributed by atoms with van der Waals surface area (Å²) in [7, 11) is 0.